The molecule has 0 aliphatic heterocycles. The van der Waals surface area contributed by atoms with Crippen LogP contribution >= 0.6 is 12.2 Å². The van der Waals surface area contributed by atoms with E-state index in [4.69, 9.17) is 12.2 Å². The molecule has 9 heavy (non-hydrogen) atoms. The number of hydrogen-bond donors (Lipinski definition) is 1. The van der Waals surface area contributed by atoms with Crippen molar-refractivity contribution in [3.05, 3.63) is 0 Å². The average Bonchev–Trinajstić information content (AvgIpc) is 1.82. The first-order chi connectivity index (χ1) is 4.18. The summed E-state index contributed by atoms with van der Waals surface area (Å²) < 4.78 is 0. The molecule has 0 spiro atoms. The molecule has 0 saturated carbocycles. The van der Waals surface area contributed by atoms with Gasteiger partial charge in [0.25, 0.3) is 0 Å². The minimum absolute atomic E-state index is 0.800. The van der Waals surface area contributed by atoms with Gasteiger partial charge in [-0.1, -0.05) is 12.2 Å². The molecule has 0 amide bonds. The summed E-state index contributed by atoms with van der Waals surface area (Å²) in [5.74, 6) is 0. The van der Waals surface area contributed by atoms with Gasteiger partial charge in [-0.3, -0.25) is 0 Å². The van der Waals surface area contributed by atoms with Crippen LogP contribution in [-0.4, -0.2) is 30.3 Å². The minimum atomic E-state index is 0.800. The largest absolute Gasteiger partial charge is 0.329 e. The zero-order valence-electron chi connectivity index (χ0n) is 5.88. The van der Waals surface area contributed by atoms with Crippen molar-refractivity contribution in [2.75, 3.05) is 14.1 Å². The number of nitrogens with zero attached hydrogens (tertiary/aromatic N) is 2. The summed E-state index contributed by atoms with van der Waals surface area (Å²) in [6.45, 7) is 1.84. The highest BCUT2D eigenvalue weighted by molar-refractivity contribution is 7.80. The second kappa shape index (κ2) is 4.26. The molecule has 0 aliphatic carbocycles. The molecule has 0 rings (SSSR count). The second-order valence-electron chi connectivity index (χ2n) is 1.60. The van der Waals surface area contributed by atoms with Crippen molar-refractivity contribution < 1.29 is 0 Å². The first-order valence-corrected chi connectivity index (χ1v) is 3.02. The molecule has 0 radical (unpaired) electrons. The molecular weight excluding hydrogens is 134 g/mol. The van der Waals surface area contributed by atoms with Crippen LogP contribution < -0.4 is 5.43 Å². The van der Waals surface area contributed by atoms with Crippen LogP contribution in [0.25, 0.3) is 0 Å². The smallest absolute Gasteiger partial charge is 0.115 e. The molecule has 0 aromatic rings. The molecule has 0 aromatic carbocycles. The van der Waals surface area contributed by atoms with Crippen LogP contribution in [0, 0.1) is 0 Å². The van der Waals surface area contributed by atoms with E-state index in [-0.39, 0.29) is 0 Å². The molecule has 52 valence electrons. The standard InChI is InChI=1S/C5H11N3S/c1-5(9)8(3)4-7-6-2/h4,6H,1-3H3/b7-4-. The van der Waals surface area contributed by atoms with Gasteiger partial charge in [-0.05, 0) is 6.92 Å². The van der Waals surface area contributed by atoms with Gasteiger partial charge in [0.15, 0.2) is 0 Å². The van der Waals surface area contributed by atoms with Crippen molar-refractivity contribution in [2.24, 2.45) is 5.10 Å². The van der Waals surface area contributed by atoms with Crippen LogP contribution in [0.15, 0.2) is 5.10 Å². The highest BCUT2D eigenvalue weighted by atomic mass is 32.1. The molecular formula is C5H11N3S. The number of hydrazone groups is 1. The minimum Gasteiger partial charge on any atom is -0.329 e. The summed E-state index contributed by atoms with van der Waals surface area (Å²) in [7, 11) is 3.59. The van der Waals surface area contributed by atoms with Crippen molar-refractivity contribution in [3.8, 4) is 0 Å². The lowest BCUT2D eigenvalue weighted by atomic mass is 10.7. The van der Waals surface area contributed by atoms with Crippen molar-refractivity contribution >= 4 is 23.5 Å². The molecule has 0 aliphatic rings. The highest BCUT2D eigenvalue weighted by Crippen LogP contribution is 1.79. The third-order valence-corrected chi connectivity index (χ3v) is 1.14. The third kappa shape index (κ3) is 3.90. The van der Waals surface area contributed by atoms with Crippen molar-refractivity contribution in [2.45, 2.75) is 6.92 Å². The molecule has 0 unspecified atom stereocenters. The number of thiocarbonyl (C=S) groups is 1. The van der Waals surface area contributed by atoms with Crippen molar-refractivity contribution in [1.29, 1.82) is 0 Å². The Hall–Kier alpha value is -0.640. The van der Waals surface area contributed by atoms with Crippen LogP contribution in [0.3, 0.4) is 0 Å². The van der Waals surface area contributed by atoms with E-state index in [0.717, 1.165) is 4.99 Å². The van der Waals surface area contributed by atoms with Crippen molar-refractivity contribution in [3.63, 3.8) is 0 Å². The van der Waals surface area contributed by atoms with Gasteiger partial charge in [0.2, 0.25) is 0 Å². The average molecular weight is 145 g/mol. The summed E-state index contributed by atoms with van der Waals surface area (Å²) in [4.78, 5) is 2.56. The summed E-state index contributed by atoms with van der Waals surface area (Å²) >= 11 is 4.84. The molecule has 0 aromatic heterocycles. The first kappa shape index (κ1) is 8.36. The molecule has 3 nitrogen and oxygen atoms in total. The molecule has 0 fully saturated rings. The lowest BCUT2D eigenvalue weighted by molar-refractivity contribution is 0.762. The van der Waals surface area contributed by atoms with E-state index in [1.165, 1.54) is 0 Å². The molecule has 0 atom stereocenters. The quantitative estimate of drug-likeness (QED) is 0.264. The second-order valence-corrected chi connectivity index (χ2v) is 2.19. The fourth-order valence-electron chi connectivity index (χ4n) is 0.226. The highest BCUT2D eigenvalue weighted by Gasteiger charge is 1.89. The lowest BCUT2D eigenvalue weighted by Crippen LogP contribution is -2.21. The zero-order valence-corrected chi connectivity index (χ0v) is 6.70. The Labute approximate surface area is 60.7 Å². The molecule has 0 saturated heterocycles. The molecule has 4 heteroatoms. The lowest BCUT2D eigenvalue weighted by Gasteiger charge is -2.08. The number of hydrogen-bond acceptors (Lipinski definition) is 3. The van der Waals surface area contributed by atoms with Crippen molar-refractivity contribution in [1.82, 2.24) is 10.3 Å². The Morgan fingerprint density at radius 3 is 2.67 bits per heavy atom. The predicted molar refractivity (Wildman–Crippen MR) is 43.6 cm³/mol. The van der Waals surface area contributed by atoms with E-state index < -0.39 is 0 Å². The van der Waals surface area contributed by atoms with Crippen LogP contribution in [0.2, 0.25) is 0 Å². The zero-order chi connectivity index (χ0) is 7.28. The van der Waals surface area contributed by atoms with E-state index in [1.54, 1.807) is 18.3 Å². The maximum atomic E-state index is 4.84. The Morgan fingerprint density at radius 2 is 2.33 bits per heavy atom. The normalized spacial score (nSPS) is 9.67. The summed E-state index contributed by atoms with van der Waals surface area (Å²) in [6, 6.07) is 0. The summed E-state index contributed by atoms with van der Waals surface area (Å²) in [6.07, 6.45) is 1.63. The van der Waals surface area contributed by atoms with Gasteiger partial charge in [-0.2, -0.15) is 5.10 Å². The first-order valence-electron chi connectivity index (χ1n) is 2.61. The summed E-state index contributed by atoms with van der Waals surface area (Å²) in [5, 5.41) is 3.76. The van der Waals surface area contributed by atoms with E-state index in [0.29, 0.717) is 0 Å². The van der Waals surface area contributed by atoms with Gasteiger partial charge < -0.3 is 10.3 Å². The Balaban J connectivity index is 3.62. The Kier molecular flexibility index (Phi) is 3.96. The molecule has 0 heterocycles. The van der Waals surface area contributed by atoms with Gasteiger partial charge in [-0.15, -0.1) is 0 Å². The SMILES string of the molecule is CN/N=C\N(C)C(C)=S. The fourth-order valence-corrected chi connectivity index (χ4v) is 0.273. The van der Waals surface area contributed by atoms with Crippen LogP contribution in [-0.2, 0) is 0 Å². The predicted octanol–water partition coefficient (Wildman–Crippen LogP) is 0.428. The summed E-state index contributed by atoms with van der Waals surface area (Å²) in [5.41, 5.74) is 2.62. The topological polar surface area (TPSA) is 27.6 Å². The van der Waals surface area contributed by atoms with E-state index in [1.807, 2.05) is 14.0 Å². The number of rotatable bonds is 2. The van der Waals surface area contributed by atoms with Gasteiger partial charge in [0, 0.05) is 14.1 Å². The Bertz CT molecular complexity index is 121. The van der Waals surface area contributed by atoms with Crippen LogP contribution in [0.5, 0.6) is 0 Å². The van der Waals surface area contributed by atoms with Gasteiger partial charge >= 0.3 is 0 Å². The monoisotopic (exact) mass is 145 g/mol. The third-order valence-electron chi connectivity index (χ3n) is 0.857. The van der Waals surface area contributed by atoms with Gasteiger partial charge in [0.05, 0.1) is 4.99 Å². The fraction of sp³-hybridized carbons (Fsp3) is 0.600. The maximum Gasteiger partial charge on any atom is 0.115 e. The molecule has 1 N–H and O–H groups in total. The van der Waals surface area contributed by atoms with E-state index >= 15 is 0 Å². The van der Waals surface area contributed by atoms with E-state index in [2.05, 4.69) is 10.5 Å². The maximum absolute atomic E-state index is 4.84. The van der Waals surface area contributed by atoms with Crippen LogP contribution in [0.4, 0.5) is 0 Å². The van der Waals surface area contributed by atoms with Gasteiger partial charge in [-0.25, -0.2) is 0 Å². The Morgan fingerprint density at radius 1 is 1.78 bits per heavy atom. The number of nitrogens with one attached hydrogen (secondary N) is 1. The van der Waals surface area contributed by atoms with Crippen LogP contribution in [0.1, 0.15) is 6.92 Å². The van der Waals surface area contributed by atoms with Gasteiger partial charge in [0.1, 0.15) is 6.34 Å². The molecule has 0 bridgehead atoms. The van der Waals surface area contributed by atoms with E-state index in [9.17, 15) is 0 Å².